The lowest BCUT2D eigenvalue weighted by Gasteiger charge is -2.14. The van der Waals surface area contributed by atoms with Gasteiger partial charge in [0.1, 0.15) is 0 Å². The van der Waals surface area contributed by atoms with Crippen LogP contribution in [0.1, 0.15) is 39.5 Å². The normalized spacial score (nSPS) is 12.5. The molecular weight excluding hydrogens is 227 g/mol. The summed E-state index contributed by atoms with van der Waals surface area (Å²) in [5.74, 6) is -1.33. The van der Waals surface area contributed by atoms with Crippen LogP contribution in [0.3, 0.4) is 0 Å². The third-order valence-corrected chi connectivity index (χ3v) is 8.80. The average Bonchev–Trinajstić information content (AvgIpc) is 2.02. The molecule has 0 saturated carbocycles. The summed E-state index contributed by atoms with van der Waals surface area (Å²) in [6, 6.07) is 0. The van der Waals surface area contributed by atoms with Gasteiger partial charge < -0.3 is 9.79 Å². The molecule has 0 unspecified atom stereocenters. The second-order valence-corrected chi connectivity index (χ2v) is 10.8. The lowest BCUT2D eigenvalue weighted by Crippen LogP contribution is -2.03. The first kappa shape index (κ1) is 14.0. The Kier molecular flexibility index (Phi) is 7.86. The highest BCUT2D eigenvalue weighted by Gasteiger charge is 2.11. The minimum absolute atomic E-state index is 0.354. The fraction of sp³-hybridized carbons (Fsp3) is 1.00. The van der Waals surface area contributed by atoms with Crippen molar-refractivity contribution < 1.29 is 9.79 Å². The fourth-order valence-electron chi connectivity index (χ4n) is 0.956. The van der Waals surface area contributed by atoms with E-state index >= 15 is 0 Å². The summed E-state index contributed by atoms with van der Waals surface area (Å²) >= 11 is 5.61. The average molecular weight is 247 g/mol. The first-order valence-corrected chi connectivity index (χ1v) is 9.51. The SMILES string of the molecule is CCCCS(CCCC)=P(O)(O)Cl. The van der Waals surface area contributed by atoms with E-state index in [0.29, 0.717) is 0 Å². The number of hydrogen-bond acceptors (Lipinski definition) is 0. The number of hydrogen-bond donors (Lipinski definition) is 2. The van der Waals surface area contributed by atoms with Gasteiger partial charge in [0.25, 0.3) is 0 Å². The molecule has 13 heavy (non-hydrogen) atoms. The van der Waals surface area contributed by atoms with Crippen molar-refractivity contribution >= 4 is 27.2 Å². The number of unbranched alkanes of at least 4 members (excludes halogenated alkanes) is 2. The molecule has 0 spiro atoms. The molecule has 0 rings (SSSR count). The maximum Gasteiger partial charge on any atom is 0.235 e. The zero-order valence-electron chi connectivity index (χ0n) is 8.37. The van der Waals surface area contributed by atoms with E-state index in [-0.39, 0.29) is 10.1 Å². The van der Waals surface area contributed by atoms with Crippen molar-refractivity contribution in [1.82, 2.24) is 0 Å². The smallest absolute Gasteiger partial charge is 0.235 e. The predicted molar refractivity (Wildman–Crippen MR) is 64.1 cm³/mol. The molecule has 0 aromatic rings. The van der Waals surface area contributed by atoms with Crippen LogP contribution in [-0.4, -0.2) is 21.3 Å². The highest BCUT2D eigenvalue weighted by Crippen LogP contribution is 2.48. The Balaban J connectivity index is 4.21. The van der Waals surface area contributed by atoms with Gasteiger partial charge in [-0.05, 0) is 35.6 Å². The number of halogens is 1. The molecule has 2 nitrogen and oxygen atoms in total. The minimum Gasteiger partial charge on any atom is -0.338 e. The van der Waals surface area contributed by atoms with Gasteiger partial charge in [0.15, 0.2) is 0 Å². The first-order valence-electron chi connectivity index (χ1n) is 4.74. The van der Waals surface area contributed by atoms with Crippen molar-refractivity contribution in [3.63, 3.8) is 0 Å². The van der Waals surface area contributed by atoms with Crippen LogP contribution in [0.15, 0.2) is 0 Å². The van der Waals surface area contributed by atoms with E-state index in [2.05, 4.69) is 13.8 Å². The lowest BCUT2D eigenvalue weighted by atomic mass is 10.4. The van der Waals surface area contributed by atoms with Crippen LogP contribution in [-0.2, 0) is 10.1 Å². The standard InChI is InChI=1S/C8H20ClO2PS/c1-3-5-7-13(8-6-4-2)12(9,10)11/h10-11H,3-8H2,1-2H3. The van der Waals surface area contributed by atoms with Gasteiger partial charge in [-0.3, -0.25) is 0 Å². The van der Waals surface area contributed by atoms with E-state index in [1.54, 1.807) is 0 Å². The summed E-state index contributed by atoms with van der Waals surface area (Å²) in [4.78, 5) is 18.8. The largest absolute Gasteiger partial charge is 0.338 e. The van der Waals surface area contributed by atoms with Crippen LogP contribution in [0, 0.1) is 0 Å². The summed E-state index contributed by atoms with van der Waals surface area (Å²) in [5.41, 5.74) is 0. The molecular formula is C8H20ClO2PS. The molecule has 0 fully saturated rings. The van der Waals surface area contributed by atoms with E-state index < -0.39 is 5.84 Å². The molecule has 0 heterocycles. The van der Waals surface area contributed by atoms with Gasteiger partial charge in [0.2, 0.25) is 5.84 Å². The minimum atomic E-state index is -3.09. The van der Waals surface area contributed by atoms with Crippen LogP contribution in [0.5, 0.6) is 0 Å². The van der Waals surface area contributed by atoms with Gasteiger partial charge in [0.05, 0.1) is 0 Å². The summed E-state index contributed by atoms with van der Waals surface area (Å²) in [6.45, 7) is 4.20. The van der Waals surface area contributed by atoms with Crippen molar-refractivity contribution in [2.45, 2.75) is 39.5 Å². The molecule has 82 valence electrons. The Labute approximate surface area is 88.2 Å². The van der Waals surface area contributed by atoms with Gasteiger partial charge in [0, 0.05) is 0 Å². The molecule has 0 radical (unpaired) electrons. The van der Waals surface area contributed by atoms with Crippen LogP contribution in [0.25, 0.3) is 0 Å². The van der Waals surface area contributed by atoms with Crippen molar-refractivity contribution in [2.75, 3.05) is 11.5 Å². The Bertz CT molecular complexity index is 172. The molecule has 0 bridgehead atoms. The Hall–Kier alpha value is 0.990. The Morgan fingerprint density at radius 3 is 1.69 bits per heavy atom. The van der Waals surface area contributed by atoms with Crippen molar-refractivity contribution in [3.8, 4) is 0 Å². The van der Waals surface area contributed by atoms with Crippen LogP contribution < -0.4 is 0 Å². The molecule has 0 aliphatic rings. The summed E-state index contributed by atoms with van der Waals surface area (Å²) < 4.78 is 0. The lowest BCUT2D eigenvalue weighted by molar-refractivity contribution is 0.499. The maximum atomic E-state index is 9.38. The topological polar surface area (TPSA) is 40.5 Å². The van der Waals surface area contributed by atoms with Gasteiger partial charge in [-0.1, -0.05) is 26.7 Å². The summed E-state index contributed by atoms with van der Waals surface area (Å²) in [6.07, 6.45) is 4.27. The van der Waals surface area contributed by atoms with Gasteiger partial charge >= 0.3 is 0 Å². The third kappa shape index (κ3) is 6.98. The molecule has 0 aromatic carbocycles. The summed E-state index contributed by atoms with van der Waals surface area (Å²) in [5, 5.41) is 0. The number of rotatable bonds is 6. The zero-order chi connectivity index (χ0) is 10.3. The zero-order valence-corrected chi connectivity index (χ0v) is 10.8. The van der Waals surface area contributed by atoms with Gasteiger partial charge in [-0.2, -0.15) is 0 Å². The van der Waals surface area contributed by atoms with Gasteiger partial charge in [-0.25, -0.2) is 0 Å². The molecule has 2 N–H and O–H groups in total. The first-order chi connectivity index (χ1) is 6.02. The van der Waals surface area contributed by atoms with Crippen molar-refractivity contribution in [2.24, 2.45) is 0 Å². The molecule has 0 aromatic heterocycles. The molecule has 0 atom stereocenters. The van der Waals surface area contributed by atoms with Crippen molar-refractivity contribution in [3.05, 3.63) is 0 Å². The van der Waals surface area contributed by atoms with E-state index in [9.17, 15) is 9.79 Å². The van der Waals surface area contributed by atoms with E-state index in [1.165, 1.54) is 0 Å². The molecule has 5 heteroatoms. The second kappa shape index (κ2) is 7.30. The predicted octanol–water partition coefficient (Wildman–Crippen LogP) is 3.11. The van der Waals surface area contributed by atoms with E-state index in [0.717, 1.165) is 37.2 Å². The van der Waals surface area contributed by atoms with E-state index in [4.69, 9.17) is 11.2 Å². The molecule has 0 saturated heterocycles. The van der Waals surface area contributed by atoms with Crippen LogP contribution in [0.2, 0.25) is 0 Å². The Morgan fingerprint density at radius 2 is 1.46 bits per heavy atom. The second-order valence-electron chi connectivity index (χ2n) is 3.05. The highest BCUT2D eigenvalue weighted by atomic mass is 35.7. The molecule has 0 aliphatic heterocycles. The third-order valence-electron chi connectivity index (χ3n) is 1.80. The summed E-state index contributed by atoms with van der Waals surface area (Å²) in [7, 11) is -0.354. The highest BCUT2D eigenvalue weighted by molar-refractivity contribution is 8.37. The maximum absolute atomic E-state index is 9.38. The van der Waals surface area contributed by atoms with E-state index in [1.807, 2.05) is 0 Å². The Morgan fingerprint density at radius 1 is 1.08 bits per heavy atom. The molecule has 0 amide bonds. The van der Waals surface area contributed by atoms with Gasteiger partial charge in [-0.15, -0.1) is 10.1 Å². The molecule has 0 aliphatic carbocycles. The monoisotopic (exact) mass is 246 g/mol. The fourth-order valence-corrected chi connectivity index (χ4v) is 6.28. The quantitative estimate of drug-likeness (QED) is 0.707. The van der Waals surface area contributed by atoms with Crippen LogP contribution >= 0.6 is 17.1 Å². The van der Waals surface area contributed by atoms with Crippen LogP contribution in [0.4, 0.5) is 0 Å². The van der Waals surface area contributed by atoms with Crippen molar-refractivity contribution in [1.29, 1.82) is 0 Å².